The molecule has 126 valence electrons. The highest BCUT2D eigenvalue weighted by molar-refractivity contribution is 5.81. The lowest BCUT2D eigenvalue weighted by Crippen LogP contribution is -2.49. The van der Waals surface area contributed by atoms with Crippen molar-refractivity contribution in [1.82, 2.24) is 20.1 Å². The zero-order valence-electron chi connectivity index (χ0n) is 14.1. The first-order chi connectivity index (χ1) is 11.2. The van der Waals surface area contributed by atoms with Crippen molar-refractivity contribution in [2.24, 2.45) is 18.0 Å². The van der Waals surface area contributed by atoms with Gasteiger partial charge in [-0.2, -0.15) is 0 Å². The fourth-order valence-corrected chi connectivity index (χ4v) is 3.08. The van der Waals surface area contributed by atoms with Gasteiger partial charge < -0.3 is 20.1 Å². The Morgan fingerprint density at radius 2 is 2.04 bits per heavy atom. The van der Waals surface area contributed by atoms with Crippen molar-refractivity contribution in [3.05, 3.63) is 24.0 Å². The van der Waals surface area contributed by atoms with E-state index in [1.54, 1.807) is 7.05 Å². The van der Waals surface area contributed by atoms with E-state index in [9.17, 15) is 4.79 Å². The molecule has 2 N–H and O–H groups in total. The maximum atomic E-state index is 12.1. The third kappa shape index (κ3) is 4.06. The van der Waals surface area contributed by atoms with Crippen LogP contribution in [0.3, 0.4) is 0 Å². The number of guanidine groups is 1. The molecule has 0 unspecified atom stereocenters. The summed E-state index contributed by atoms with van der Waals surface area (Å²) in [6.45, 7) is 2.48. The summed E-state index contributed by atoms with van der Waals surface area (Å²) < 4.78 is 2.10. The van der Waals surface area contributed by atoms with Crippen LogP contribution in [0, 0.1) is 5.92 Å². The molecule has 0 spiro atoms. The molecule has 2 aliphatic rings. The molecular formula is C17H27N5O. The van der Waals surface area contributed by atoms with Crippen LogP contribution >= 0.6 is 0 Å². The van der Waals surface area contributed by atoms with Gasteiger partial charge in [0.1, 0.15) is 0 Å². The molecule has 0 aromatic carbocycles. The first kappa shape index (κ1) is 15.9. The number of nitrogens with one attached hydrogen (secondary N) is 2. The predicted molar refractivity (Wildman–Crippen MR) is 91.1 cm³/mol. The van der Waals surface area contributed by atoms with Crippen LogP contribution in [0.4, 0.5) is 0 Å². The molecule has 2 fully saturated rings. The van der Waals surface area contributed by atoms with Gasteiger partial charge in [0.05, 0.1) is 6.54 Å². The number of hydrogen-bond acceptors (Lipinski definition) is 2. The van der Waals surface area contributed by atoms with Crippen LogP contribution in [-0.4, -0.2) is 47.5 Å². The molecule has 1 amide bonds. The topological polar surface area (TPSA) is 61.7 Å². The van der Waals surface area contributed by atoms with Gasteiger partial charge in [0.15, 0.2) is 5.96 Å². The average molecular weight is 317 g/mol. The summed E-state index contributed by atoms with van der Waals surface area (Å²) in [5, 5.41) is 6.84. The SMILES string of the molecule is CN=C(NCc1cccn1C)NC1CCN(C(=O)C2CC2)CC1. The zero-order valence-corrected chi connectivity index (χ0v) is 14.1. The Bertz CT molecular complexity index is 567. The first-order valence-electron chi connectivity index (χ1n) is 8.53. The van der Waals surface area contributed by atoms with Gasteiger partial charge in [-0.25, -0.2) is 0 Å². The summed E-state index contributed by atoms with van der Waals surface area (Å²) in [6.07, 6.45) is 6.20. The highest BCUT2D eigenvalue weighted by Crippen LogP contribution is 2.31. The molecule has 1 aromatic rings. The van der Waals surface area contributed by atoms with Crippen molar-refractivity contribution >= 4 is 11.9 Å². The van der Waals surface area contributed by atoms with Crippen molar-refractivity contribution < 1.29 is 4.79 Å². The fraction of sp³-hybridized carbons (Fsp3) is 0.647. The molecule has 0 bridgehead atoms. The minimum atomic E-state index is 0.333. The van der Waals surface area contributed by atoms with Crippen LogP contribution in [0.1, 0.15) is 31.4 Å². The fourth-order valence-electron chi connectivity index (χ4n) is 3.08. The number of aliphatic imine (C=N–C) groups is 1. The monoisotopic (exact) mass is 317 g/mol. The number of hydrogen-bond donors (Lipinski definition) is 2. The number of carbonyl (C=O) groups excluding carboxylic acids is 1. The van der Waals surface area contributed by atoms with Gasteiger partial charge in [0.2, 0.25) is 5.91 Å². The number of piperidine rings is 1. The minimum absolute atomic E-state index is 0.333. The molecule has 1 aliphatic carbocycles. The highest BCUT2D eigenvalue weighted by atomic mass is 16.2. The molecule has 3 rings (SSSR count). The maximum absolute atomic E-state index is 12.1. The van der Waals surface area contributed by atoms with E-state index in [1.165, 1.54) is 5.69 Å². The number of nitrogens with zero attached hydrogens (tertiary/aromatic N) is 3. The Hall–Kier alpha value is -1.98. The van der Waals surface area contributed by atoms with E-state index in [1.807, 2.05) is 24.2 Å². The lowest BCUT2D eigenvalue weighted by atomic mass is 10.0. The van der Waals surface area contributed by atoms with Crippen LogP contribution in [0.25, 0.3) is 0 Å². The van der Waals surface area contributed by atoms with Gasteiger partial charge in [-0.15, -0.1) is 0 Å². The quantitative estimate of drug-likeness (QED) is 0.645. The summed E-state index contributed by atoms with van der Waals surface area (Å²) in [6, 6.07) is 4.53. The van der Waals surface area contributed by atoms with E-state index in [0.717, 1.165) is 51.3 Å². The van der Waals surface area contributed by atoms with Gasteiger partial charge in [-0.1, -0.05) is 0 Å². The summed E-state index contributed by atoms with van der Waals surface area (Å²) in [4.78, 5) is 18.4. The van der Waals surface area contributed by atoms with Crippen LogP contribution in [-0.2, 0) is 18.4 Å². The standard InChI is InChI=1S/C17H27N5O/c1-18-17(19-12-15-4-3-9-21(15)2)20-14-7-10-22(11-8-14)16(23)13-5-6-13/h3-4,9,13-14H,5-8,10-12H2,1-2H3,(H2,18,19,20). The molecule has 0 radical (unpaired) electrons. The Morgan fingerprint density at radius 3 is 2.61 bits per heavy atom. The molecule has 1 aromatic heterocycles. The van der Waals surface area contributed by atoms with Crippen LogP contribution in [0.5, 0.6) is 0 Å². The summed E-state index contributed by atoms with van der Waals surface area (Å²) in [5.74, 6) is 1.53. The predicted octanol–water partition coefficient (Wildman–Crippen LogP) is 1.09. The van der Waals surface area contributed by atoms with E-state index >= 15 is 0 Å². The van der Waals surface area contributed by atoms with E-state index < -0.39 is 0 Å². The lowest BCUT2D eigenvalue weighted by molar-refractivity contribution is -0.133. The Kier molecular flexibility index (Phi) is 4.88. The number of amides is 1. The number of carbonyl (C=O) groups is 1. The zero-order chi connectivity index (χ0) is 16.2. The van der Waals surface area contributed by atoms with E-state index in [0.29, 0.717) is 17.9 Å². The molecular weight excluding hydrogens is 290 g/mol. The number of aromatic nitrogens is 1. The van der Waals surface area contributed by atoms with Gasteiger partial charge in [0, 0.05) is 51.0 Å². The van der Waals surface area contributed by atoms with Gasteiger partial charge in [-0.3, -0.25) is 9.79 Å². The molecule has 6 heteroatoms. The number of aryl methyl sites for hydroxylation is 1. The molecule has 2 heterocycles. The average Bonchev–Trinajstić information content (AvgIpc) is 3.34. The molecule has 6 nitrogen and oxygen atoms in total. The largest absolute Gasteiger partial charge is 0.354 e. The second-order valence-corrected chi connectivity index (χ2v) is 6.55. The van der Waals surface area contributed by atoms with Crippen molar-refractivity contribution in [1.29, 1.82) is 0 Å². The number of rotatable bonds is 4. The summed E-state index contributed by atoms with van der Waals surface area (Å²) in [5.41, 5.74) is 1.22. The molecule has 1 saturated heterocycles. The first-order valence-corrected chi connectivity index (χ1v) is 8.53. The molecule has 1 aliphatic heterocycles. The summed E-state index contributed by atoms with van der Waals surface area (Å²) in [7, 11) is 3.84. The van der Waals surface area contributed by atoms with Gasteiger partial charge in [-0.05, 0) is 37.8 Å². The normalized spacial score (nSPS) is 19.7. The lowest BCUT2D eigenvalue weighted by Gasteiger charge is -2.33. The second-order valence-electron chi connectivity index (χ2n) is 6.55. The third-order valence-electron chi connectivity index (χ3n) is 4.79. The van der Waals surface area contributed by atoms with Gasteiger partial charge in [0.25, 0.3) is 0 Å². The van der Waals surface area contributed by atoms with Crippen LogP contribution in [0.2, 0.25) is 0 Å². The Balaban J connectivity index is 1.43. The molecule has 0 atom stereocenters. The minimum Gasteiger partial charge on any atom is -0.354 e. The third-order valence-corrected chi connectivity index (χ3v) is 4.79. The van der Waals surface area contributed by atoms with E-state index in [4.69, 9.17) is 0 Å². The van der Waals surface area contributed by atoms with Crippen molar-refractivity contribution in [2.45, 2.75) is 38.3 Å². The highest BCUT2D eigenvalue weighted by Gasteiger charge is 2.34. The van der Waals surface area contributed by atoms with Crippen molar-refractivity contribution in [3.8, 4) is 0 Å². The van der Waals surface area contributed by atoms with Gasteiger partial charge >= 0.3 is 0 Å². The smallest absolute Gasteiger partial charge is 0.225 e. The van der Waals surface area contributed by atoms with E-state index in [2.05, 4.69) is 26.3 Å². The molecule has 1 saturated carbocycles. The van der Waals surface area contributed by atoms with Crippen LogP contribution in [0.15, 0.2) is 23.3 Å². The van der Waals surface area contributed by atoms with Crippen LogP contribution < -0.4 is 10.6 Å². The van der Waals surface area contributed by atoms with E-state index in [-0.39, 0.29) is 0 Å². The Labute approximate surface area is 137 Å². The summed E-state index contributed by atoms with van der Waals surface area (Å²) >= 11 is 0. The second kappa shape index (κ2) is 7.06. The van der Waals surface area contributed by atoms with Crippen molar-refractivity contribution in [3.63, 3.8) is 0 Å². The van der Waals surface area contributed by atoms with Crippen molar-refractivity contribution in [2.75, 3.05) is 20.1 Å². The Morgan fingerprint density at radius 1 is 1.30 bits per heavy atom. The molecule has 23 heavy (non-hydrogen) atoms. The maximum Gasteiger partial charge on any atom is 0.225 e. The number of likely N-dealkylation sites (tertiary alicyclic amines) is 1.